The highest BCUT2D eigenvalue weighted by Gasteiger charge is 2.31. The van der Waals surface area contributed by atoms with E-state index in [1.54, 1.807) is 91.1 Å². The van der Waals surface area contributed by atoms with Gasteiger partial charge in [-0.3, -0.25) is 28.4 Å². The maximum Gasteiger partial charge on any atom is 0.387 e. The van der Waals surface area contributed by atoms with Crippen molar-refractivity contribution in [2.45, 2.75) is 101 Å². The third-order valence-corrected chi connectivity index (χ3v) is 22.2. The number of aromatic nitrogens is 15. The lowest BCUT2D eigenvalue weighted by Gasteiger charge is -2.18. The number of ether oxygens (including phenoxy) is 3. The molecule has 3 amide bonds. The SMILES string of the molecule is CC(C)C(C)S(=O)(=O)c1ccc(OC(F)F)c(-c2nn(C)cc2NC(=O)c2cnn3cccnc23)c1.CC(C)CS(=O)(=O)c1ccc(OC(C)F)c(-c2nn(C)cc2NC(=O)c2cnn3cccnc23)c1.CCCCS(=O)(=O)c1ccc(OC(F)F)c(-c2nn(C)cc2NC(=O)c2cnn3cccnc23)c1. The third-order valence-electron chi connectivity index (χ3n) is 15.9. The highest BCUT2D eigenvalue weighted by Crippen LogP contribution is 2.41. The Morgan fingerprint density at radius 1 is 0.491 bits per heavy atom. The molecule has 0 aliphatic carbocycles. The van der Waals surface area contributed by atoms with Crippen molar-refractivity contribution in [3.63, 3.8) is 0 Å². The molecule has 0 radical (unpaired) electrons. The number of anilines is 3. The van der Waals surface area contributed by atoms with E-state index in [0.717, 1.165) is 12.1 Å². The first-order chi connectivity index (χ1) is 50.2. The highest BCUT2D eigenvalue weighted by molar-refractivity contribution is 7.92. The number of hydrogen-bond acceptors (Lipinski definition) is 21. The third kappa shape index (κ3) is 17.6. The van der Waals surface area contributed by atoms with Crippen molar-refractivity contribution in [3.8, 4) is 51.0 Å². The number of unbranched alkanes of at least 4 members (excludes halogenated alkanes) is 1. The minimum atomic E-state index is -3.79. The summed E-state index contributed by atoms with van der Waals surface area (Å²) in [5, 5.41) is 32.7. The van der Waals surface area contributed by atoms with Gasteiger partial charge in [0.05, 0.1) is 67.1 Å². The molecule has 38 heteroatoms. The topological polar surface area (TPSA) is 361 Å². The number of hydrogen-bond donors (Lipinski definition) is 3. The number of nitrogens with zero attached hydrogens (tertiary/aromatic N) is 15. The van der Waals surface area contributed by atoms with Crippen LogP contribution in [0.1, 0.15) is 92.4 Å². The van der Waals surface area contributed by atoms with Gasteiger partial charge in [0.2, 0.25) is 6.36 Å². The number of halogens is 5. The first kappa shape index (κ1) is 77.1. The van der Waals surface area contributed by atoms with E-state index in [-0.39, 0.29) is 123 Å². The minimum absolute atomic E-state index is 0.00300. The van der Waals surface area contributed by atoms with Gasteiger partial charge in [0.1, 0.15) is 51.0 Å². The van der Waals surface area contributed by atoms with E-state index < -0.39 is 72.1 Å². The number of nitrogens with one attached hydrogen (secondary N) is 3. The Hall–Kier alpha value is -11.5. The number of benzene rings is 3. The zero-order chi connectivity index (χ0) is 76.7. The number of fused-ring (bicyclic) bond motifs is 3. The molecule has 12 rings (SSSR count). The van der Waals surface area contributed by atoms with Crippen molar-refractivity contribution in [2.75, 3.05) is 27.5 Å². The number of carbonyl (C=O) groups is 3. The molecule has 0 saturated carbocycles. The Bertz CT molecular complexity index is 5580. The Labute approximate surface area is 603 Å². The maximum absolute atomic E-state index is 13.8. The van der Waals surface area contributed by atoms with Gasteiger partial charge in [-0.1, -0.05) is 41.0 Å². The second kappa shape index (κ2) is 32.2. The number of amides is 3. The average molecular weight is 1520 g/mol. The zero-order valence-corrected chi connectivity index (χ0v) is 60.8. The fraction of sp³-hybridized carbons (Fsp3) is 0.294. The molecule has 2 atom stereocenters. The molecule has 0 aliphatic heterocycles. The Morgan fingerprint density at radius 2 is 0.840 bits per heavy atom. The van der Waals surface area contributed by atoms with Crippen LogP contribution in [0.3, 0.4) is 0 Å². The summed E-state index contributed by atoms with van der Waals surface area (Å²) in [6, 6.07) is 16.4. The van der Waals surface area contributed by atoms with E-state index in [9.17, 15) is 61.6 Å². The summed E-state index contributed by atoms with van der Waals surface area (Å²) in [5.74, 6) is -2.50. The van der Waals surface area contributed by atoms with Crippen LogP contribution in [0.2, 0.25) is 0 Å². The zero-order valence-electron chi connectivity index (χ0n) is 58.4. The monoisotopic (exact) mass is 1520 g/mol. The van der Waals surface area contributed by atoms with Crippen LogP contribution in [-0.2, 0) is 50.7 Å². The molecule has 2 unspecified atom stereocenters. The van der Waals surface area contributed by atoms with Crippen molar-refractivity contribution < 1.29 is 75.8 Å². The molecular formula is C68H71F5N18O12S3. The first-order valence-electron chi connectivity index (χ1n) is 32.5. The molecular weight excluding hydrogens is 1450 g/mol. The molecule has 106 heavy (non-hydrogen) atoms. The van der Waals surface area contributed by atoms with Crippen molar-refractivity contribution in [3.05, 3.63) is 164 Å². The van der Waals surface area contributed by atoms with Gasteiger partial charge in [-0.25, -0.2) is 58.1 Å². The standard InChI is InChI=1S/C23H24F2N6O4S.C23H25FN6O4S.C22H22F2N6O4S/c1-13(2)14(3)36(33,34)15-6-7-19(35-23(24)25)16(10-15)20-18(12-30(4)29-20)28-22(32)17-11-27-31-9-5-8-26-21(17)31;1-14(2)13-35(32,33)16-6-7-20(34-15(3)24)17(10-16)21-19(12-29(4)28-21)27-23(31)18-11-26-30-9-5-8-25-22(18)30;1-3-4-10-35(32,33)14-6-7-18(34-22(23)24)15(11-14)19-17(13-29(2)28-19)27-21(31)16-12-26-30-9-5-8-25-20(16)30/h5-14,23H,1-4H3,(H,28,32);5-12,14-15H,13H2,1-4H3,(H,27,31);5-9,11-13,22H,3-4,10H2,1-2H3,(H,27,31). The molecule has 0 fully saturated rings. The normalized spacial score (nSPS) is 12.5. The molecule has 0 saturated heterocycles. The summed E-state index contributed by atoms with van der Waals surface area (Å²) in [6.45, 7) is 5.52. The fourth-order valence-electron chi connectivity index (χ4n) is 10.7. The molecule has 30 nitrogen and oxygen atoms in total. The lowest BCUT2D eigenvalue weighted by Crippen LogP contribution is -2.23. The first-order valence-corrected chi connectivity index (χ1v) is 37.3. The summed E-state index contributed by atoms with van der Waals surface area (Å²) in [6.07, 6.45) is 17.6. The molecule has 0 aliphatic rings. The molecule has 0 spiro atoms. The maximum atomic E-state index is 13.8. The fourth-order valence-corrected chi connectivity index (χ4v) is 15.6. The summed E-state index contributed by atoms with van der Waals surface area (Å²) in [4.78, 5) is 51.5. The second-order valence-corrected chi connectivity index (χ2v) is 31.1. The van der Waals surface area contributed by atoms with E-state index in [1.807, 2.05) is 20.8 Å². The Morgan fingerprint density at radius 3 is 1.18 bits per heavy atom. The average Bonchev–Trinajstić information content (AvgIpc) is 1.67. The van der Waals surface area contributed by atoms with E-state index in [4.69, 9.17) is 4.74 Å². The smallest absolute Gasteiger partial charge is 0.387 e. The summed E-state index contributed by atoms with van der Waals surface area (Å²) in [5.41, 5.74) is 2.76. The van der Waals surface area contributed by atoms with Crippen LogP contribution in [0, 0.1) is 11.8 Å². The molecule has 9 heterocycles. The lowest BCUT2D eigenvalue weighted by atomic mass is 10.1. The number of alkyl halides is 5. The van der Waals surface area contributed by atoms with Gasteiger partial charge >= 0.3 is 13.2 Å². The lowest BCUT2D eigenvalue weighted by molar-refractivity contribution is -0.0501. The largest absolute Gasteiger partial charge is 0.460 e. The molecule has 3 N–H and O–H groups in total. The van der Waals surface area contributed by atoms with Gasteiger partial charge < -0.3 is 30.2 Å². The summed E-state index contributed by atoms with van der Waals surface area (Å²) >= 11 is 0. The van der Waals surface area contributed by atoms with Crippen molar-refractivity contribution in [1.82, 2.24) is 73.1 Å². The van der Waals surface area contributed by atoms with Crippen LogP contribution < -0.4 is 30.2 Å². The molecule has 0 bridgehead atoms. The number of carbonyl (C=O) groups excluding carboxylic acids is 3. The Balaban J connectivity index is 0.000000170. The highest BCUT2D eigenvalue weighted by atomic mass is 32.2. The van der Waals surface area contributed by atoms with Crippen LogP contribution in [0.4, 0.5) is 39.0 Å². The van der Waals surface area contributed by atoms with Gasteiger partial charge in [0.25, 0.3) is 17.7 Å². The van der Waals surface area contributed by atoms with E-state index in [1.165, 1.54) is 120 Å². The van der Waals surface area contributed by atoms with E-state index in [2.05, 4.69) is 71.0 Å². The number of rotatable bonds is 25. The number of sulfone groups is 3. The summed E-state index contributed by atoms with van der Waals surface area (Å²) in [7, 11) is -6.28. The van der Waals surface area contributed by atoms with Crippen LogP contribution in [0.5, 0.6) is 17.2 Å². The van der Waals surface area contributed by atoms with Gasteiger partial charge in [-0.15, -0.1) is 0 Å². The van der Waals surface area contributed by atoms with E-state index >= 15 is 0 Å². The molecule has 12 aromatic rings. The van der Waals surface area contributed by atoms with Crippen molar-refractivity contribution >= 4 is 81.2 Å². The van der Waals surface area contributed by atoms with Crippen LogP contribution in [0.15, 0.2) is 162 Å². The van der Waals surface area contributed by atoms with Crippen LogP contribution >= 0.6 is 0 Å². The van der Waals surface area contributed by atoms with Gasteiger partial charge in [0.15, 0.2) is 46.5 Å². The van der Waals surface area contributed by atoms with Gasteiger partial charge in [-0.05, 0) is 98.0 Å². The van der Waals surface area contributed by atoms with E-state index in [0.29, 0.717) is 29.8 Å². The van der Waals surface area contributed by atoms with Crippen LogP contribution in [-0.4, -0.2) is 152 Å². The Kier molecular flexibility index (Phi) is 23.4. The predicted molar refractivity (Wildman–Crippen MR) is 379 cm³/mol. The van der Waals surface area contributed by atoms with Crippen molar-refractivity contribution in [2.24, 2.45) is 33.0 Å². The predicted octanol–water partition coefficient (Wildman–Crippen LogP) is 10.9. The quantitative estimate of drug-likeness (QED) is 0.0447. The minimum Gasteiger partial charge on any atom is -0.460 e. The van der Waals surface area contributed by atoms with Gasteiger partial charge in [0, 0.05) is 101 Å². The molecule has 3 aromatic carbocycles. The second-order valence-electron chi connectivity index (χ2n) is 24.6. The number of aryl methyl sites for hydroxylation is 3. The molecule has 558 valence electrons. The van der Waals surface area contributed by atoms with Crippen LogP contribution in [0.25, 0.3) is 50.7 Å². The van der Waals surface area contributed by atoms with Crippen molar-refractivity contribution in [1.29, 1.82) is 0 Å². The van der Waals surface area contributed by atoms with Gasteiger partial charge in [-0.2, -0.15) is 48.2 Å². The summed E-state index contributed by atoms with van der Waals surface area (Å²) < 4.78 is 167. The molecule has 9 aromatic heterocycles.